The van der Waals surface area contributed by atoms with Crippen LogP contribution in [0, 0.1) is 0 Å². The molecule has 0 bridgehead atoms. The standard InChI is InChI=1S/C27H21N2OS.ClH/c30-27(20-28-18-16-22(17-19-28)15-14-21-8-2-1-3-9-21)29-23-10-4-6-12-25(23)31-26-13-7-5-11-24(26)29;/h1-19H,20H2;1H/q+1;/p-1/b15-14+;. The number of benzene rings is 3. The van der Waals surface area contributed by atoms with E-state index in [-0.39, 0.29) is 24.9 Å². The highest BCUT2D eigenvalue weighted by molar-refractivity contribution is 7.99. The normalized spacial score (nSPS) is 12.1. The Balaban J connectivity index is 0.00000245. The number of fused-ring (bicyclic) bond motifs is 2. The van der Waals surface area contributed by atoms with Gasteiger partial charge < -0.3 is 12.4 Å². The molecule has 3 nitrogen and oxygen atoms in total. The highest BCUT2D eigenvalue weighted by Gasteiger charge is 2.29. The van der Waals surface area contributed by atoms with E-state index in [2.05, 4.69) is 36.4 Å². The Morgan fingerprint density at radius 3 is 1.81 bits per heavy atom. The van der Waals surface area contributed by atoms with Gasteiger partial charge >= 0.3 is 0 Å². The predicted octanol–water partition coefficient (Wildman–Crippen LogP) is 2.98. The molecule has 0 radical (unpaired) electrons. The van der Waals surface area contributed by atoms with E-state index in [0.29, 0.717) is 0 Å². The van der Waals surface area contributed by atoms with Crippen molar-refractivity contribution >= 4 is 41.2 Å². The van der Waals surface area contributed by atoms with Crippen molar-refractivity contribution in [3.63, 3.8) is 0 Å². The highest BCUT2D eigenvalue weighted by Crippen LogP contribution is 2.47. The van der Waals surface area contributed by atoms with E-state index in [1.165, 1.54) is 0 Å². The van der Waals surface area contributed by atoms with Crippen LogP contribution in [0.15, 0.2) is 113 Å². The first-order valence-electron chi connectivity index (χ1n) is 10.2. The Labute approximate surface area is 198 Å². The number of hydrogen-bond acceptors (Lipinski definition) is 2. The number of amides is 1. The molecule has 0 atom stereocenters. The molecule has 0 fully saturated rings. The SMILES string of the molecule is O=C(C[n+]1ccc(/C=C/c2ccccc2)cc1)N1c2ccccc2Sc2ccccc21.[Cl-]. The number of pyridine rings is 1. The molecule has 1 amide bonds. The van der Waals surface area contributed by atoms with Crippen molar-refractivity contribution in [1.82, 2.24) is 0 Å². The maximum Gasteiger partial charge on any atom is 0.297 e. The maximum atomic E-state index is 13.4. The van der Waals surface area contributed by atoms with Crippen molar-refractivity contribution in [2.75, 3.05) is 4.90 Å². The van der Waals surface area contributed by atoms with Crippen LogP contribution in [0.25, 0.3) is 12.2 Å². The fourth-order valence-corrected chi connectivity index (χ4v) is 4.70. The zero-order valence-corrected chi connectivity index (χ0v) is 18.8. The lowest BCUT2D eigenvalue weighted by Crippen LogP contribution is -3.00. The predicted molar refractivity (Wildman–Crippen MR) is 126 cm³/mol. The van der Waals surface area contributed by atoms with Gasteiger partial charge in [-0.05, 0) is 35.4 Å². The Kier molecular flexibility index (Phi) is 6.74. The Morgan fingerprint density at radius 1 is 0.719 bits per heavy atom. The van der Waals surface area contributed by atoms with E-state index in [1.54, 1.807) is 11.8 Å². The largest absolute Gasteiger partial charge is 1.00 e. The van der Waals surface area contributed by atoms with Gasteiger partial charge in [-0.3, -0.25) is 9.69 Å². The lowest BCUT2D eigenvalue weighted by Gasteiger charge is -2.30. The van der Waals surface area contributed by atoms with Gasteiger partial charge in [0.25, 0.3) is 5.91 Å². The van der Waals surface area contributed by atoms with Crippen molar-refractivity contribution in [3.8, 4) is 0 Å². The van der Waals surface area contributed by atoms with Crippen LogP contribution in [0.3, 0.4) is 0 Å². The second-order valence-electron chi connectivity index (χ2n) is 7.31. The van der Waals surface area contributed by atoms with E-state index in [1.807, 2.05) is 88.6 Å². The highest BCUT2D eigenvalue weighted by atomic mass is 35.5. The molecule has 1 aromatic heterocycles. The first-order chi connectivity index (χ1) is 15.3. The summed E-state index contributed by atoms with van der Waals surface area (Å²) in [4.78, 5) is 17.4. The van der Waals surface area contributed by atoms with E-state index in [4.69, 9.17) is 0 Å². The number of halogens is 1. The van der Waals surface area contributed by atoms with Crippen LogP contribution in [0.5, 0.6) is 0 Å². The smallest absolute Gasteiger partial charge is 0.297 e. The summed E-state index contributed by atoms with van der Waals surface area (Å²) >= 11 is 1.71. The maximum absolute atomic E-state index is 13.4. The number of carbonyl (C=O) groups excluding carboxylic acids is 1. The zero-order valence-electron chi connectivity index (χ0n) is 17.3. The summed E-state index contributed by atoms with van der Waals surface area (Å²) in [6.45, 7) is 0.274. The fourth-order valence-electron chi connectivity index (χ4n) is 3.64. The molecule has 0 saturated heterocycles. The average Bonchev–Trinajstić information content (AvgIpc) is 2.82. The summed E-state index contributed by atoms with van der Waals surface area (Å²) in [5, 5.41) is 0. The third-order valence-electron chi connectivity index (χ3n) is 5.18. The van der Waals surface area contributed by atoms with Gasteiger partial charge in [0, 0.05) is 21.9 Å². The van der Waals surface area contributed by atoms with Crippen molar-refractivity contribution in [3.05, 3.63) is 115 Å². The quantitative estimate of drug-likeness (QED) is 0.441. The first-order valence-corrected chi connectivity index (χ1v) is 11.0. The van der Waals surface area contributed by atoms with Crippen LogP contribution >= 0.6 is 11.8 Å². The average molecular weight is 457 g/mol. The van der Waals surface area contributed by atoms with Gasteiger partial charge in [0.1, 0.15) is 0 Å². The fraction of sp³-hybridized carbons (Fsp3) is 0.0370. The number of rotatable bonds is 4. The Morgan fingerprint density at radius 2 is 1.22 bits per heavy atom. The summed E-state index contributed by atoms with van der Waals surface area (Å²) < 4.78 is 1.93. The van der Waals surface area contributed by atoms with Crippen molar-refractivity contribution < 1.29 is 21.8 Å². The molecule has 0 aliphatic carbocycles. The summed E-state index contributed by atoms with van der Waals surface area (Å²) in [5.41, 5.74) is 4.14. The summed E-state index contributed by atoms with van der Waals surface area (Å²) in [5.74, 6) is 0.0396. The number of para-hydroxylation sites is 2. The van der Waals surface area contributed by atoms with Gasteiger partial charge in [-0.15, -0.1) is 0 Å². The molecule has 158 valence electrons. The van der Waals surface area contributed by atoms with Gasteiger partial charge in [0.2, 0.25) is 6.54 Å². The van der Waals surface area contributed by atoms with E-state index in [9.17, 15) is 4.79 Å². The second kappa shape index (κ2) is 9.86. The molecule has 1 aliphatic rings. The minimum Gasteiger partial charge on any atom is -1.00 e. The number of nitrogens with zero attached hydrogens (tertiary/aromatic N) is 2. The Hall–Kier alpha value is -3.34. The molecular weight excluding hydrogens is 436 g/mol. The minimum absolute atomic E-state index is 0. The monoisotopic (exact) mass is 456 g/mol. The van der Waals surface area contributed by atoms with Crippen LogP contribution in [0.1, 0.15) is 11.1 Å². The number of hydrogen-bond donors (Lipinski definition) is 0. The topological polar surface area (TPSA) is 24.2 Å². The molecule has 4 aromatic rings. The number of aromatic nitrogens is 1. The lowest BCUT2D eigenvalue weighted by molar-refractivity contribution is -0.684. The second-order valence-corrected chi connectivity index (χ2v) is 8.40. The van der Waals surface area contributed by atoms with Gasteiger partial charge in [-0.2, -0.15) is 4.57 Å². The molecule has 2 heterocycles. The van der Waals surface area contributed by atoms with E-state index in [0.717, 1.165) is 32.3 Å². The Bertz CT molecular complexity index is 1210. The number of carbonyl (C=O) groups is 1. The van der Waals surface area contributed by atoms with Crippen LogP contribution in [0.2, 0.25) is 0 Å². The third-order valence-corrected chi connectivity index (χ3v) is 6.31. The van der Waals surface area contributed by atoms with Crippen molar-refractivity contribution in [2.45, 2.75) is 16.3 Å². The first kappa shape index (κ1) is 21.9. The summed E-state index contributed by atoms with van der Waals surface area (Å²) in [6, 6.07) is 30.4. The molecule has 0 unspecified atom stereocenters. The van der Waals surface area contributed by atoms with Gasteiger partial charge in [-0.1, -0.05) is 78.5 Å². The molecule has 32 heavy (non-hydrogen) atoms. The summed E-state index contributed by atoms with van der Waals surface area (Å²) in [7, 11) is 0. The molecule has 0 N–H and O–H groups in total. The van der Waals surface area contributed by atoms with Crippen LogP contribution in [-0.2, 0) is 11.3 Å². The molecule has 5 rings (SSSR count). The molecule has 3 aromatic carbocycles. The summed E-state index contributed by atoms with van der Waals surface area (Å²) in [6.07, 6.45) is 8.08. The van der Waals surface area contributed by atoms with E-state index >= 15 is 0 Å². The minimum atomic E-state index is 0. The van der Waals surface area contributed by atoms with Gasteiger partial charge in [0.15, 0.2) is 12.4 Å². The molecule has 0 spiro atoms. The van der Waals surface area contributed by atoms with Crippen molar-refractivity contribution in [2.24, 2.45) is 0 Å². The molecule has 5 heteroatoms. The molecule has 1 aliphatic heterocycles. The van der Waals surface area contributed by atoms with Crippen LogP contribution in [0.4, 0.5) is 11.4 Å². The van der Waals surface area contributed by atoms with Gasteiger partial charge in [0.05, 0.1) is 11.4 Å². The van der Waals surface area contributed by atoms with E-state index < -0.39 is 0 Å². The molecular formula is C27H21ClN2OS. The van der Waals surface area contributed by atoms with Crippen LogP contribution < -0.4 is 21.9 Å². The molecule has 0 saturated carbocycles. The van der Waals surface area contributed by atoms with Gasteiger partial charge in [-0.25, -0.2) is 0 Å². The zero-order chi connectivity index (χ0) is 21.0. The third kappa shape index (κ3) is 4.62. The van der Waals surface area contributed by atoms with Crippen LogP contribution in [-0.4, -0.2) is 5.91 Å². The number of anilines is 2. The van der Waals surface area contributed by atoms with Crippen molar-refractivity contribution in [1.29, 1.82) is 0 Å². The lowest BCUT2D eigenvalue weighted by atomic mass is 10.1.